The lowest BCUT2D eigenvalue weighted by Gasteiger charge is -2.37. The van der Waals surface area contributed by atoms with Crippen LogP contribution in [-0.2, 0) is 103 Å². The lowest BCUT2D eigenvalue weighted by molar-refractivity contribution is -0.370. The summed E-state index contributed by atoms with van der Waals surface area (Å²) >= 11 is 0. The van der Waals surface area contributed by atoms with Crippen molar-refractivity contribution in [1.82, 2.24) is 62.2 Å². The smallest absolute Gasteiger partial charge is 0.249 e. The highest BCUT2D eigenvalue weighted by molar-refractivity contribution is 6.00. The van der Waals surface area contributed by atoms with Crippen molar-refractivity contribution in [2.45, 2.75) is 171 Å². The third-order valence-corrected chi connectivity index (χ3v) is 19.1. The molecule has 1 aromatic heterocycles. The molecule has 0 aliphatic carbocycles. The Morgan fingerprint density at radius 1 is 0.680 bits per heavy atom. The third kappa shape index (κ3) is 17.7. The third-order valence-electron chi connectivity index (χ3n) is 19.1. The van der Waals surface area contributed by atoms with Crippen molar-refractivity contribution in [2.24, 2.45) is 0 Å². The number of nitrogens with zero attached hydrogens (tertiary/aromatic N) is 3. The van der Waals surface area contributed by atoms with Crippen molar-refractivity contribution >= 4 is 75.9 Å². The van der Waals surface area contributed by atoms with E-state index in [9.17, 15) is 33.9 Å². The normalized spacial score (nSPS) is 26.1. The number of aliphatic hydroxyl groups excluding tert-OH is 1. The number of hydrogen-bond donors (Lipinski definition) is 11. The highest BCUT2D eigenvalue weighted by Crippen LogP contribution is 2.32. The van der Waals surface area contributed by atoms with Gasteiger partial charge in [-0.15, -0.1) is 0 Å². The Morgan fingerprint density at radius 3 is 2.20 bits per heavy atom. The number of rotatable bonds is 5. The summed E-state index contributed by atoms with van der Waals surface area (Å²) in [4.78, 5) is 163. The van der Waals surface area contributed by atoms with E-state index in [1.165, 1.54) is 38.0 Å². The first-order chi connectivity index (χ1) is 48.0. The molecule has 2 fully saturated rings. The Balaban J connectivity index is 1.09. The highest BCUT2D eigenvalue weighted by Gasteiger charge is 2.50. The first-order valence-corrected chi connectivity index (χ1v) is 34.1. The summed E-state index contributed by atoms with van der Waals surface area (Å²) in [6.07, 6.45) is -0.665. The lowest BCUT2D eigenvalue weighted by atomic mass is 9.95. The summed E-state index contributed by atoms with van der Waals surface area (Å²) < 4.78 is 35.7. The molecule has 2 saturated heterocycles. The van der Waals surface area contributed by atoms with Gasteiger partial charge in [0.05, 0.1) is 25.9 Å². The van der Waals surface area contributed by atoms with Gasteiger partial charge in [0, 0.05) is 94.0 Å². The molecule has 13 N–H and O–H groups in total. The van der Waals surface area contributed by atoms with Gasteiger partial charge in [-0.3, -0.25) is 52.7 Å². The minimum absolute atomic E-state index is 0.00804. The molecule has 534 valence electrons. The predicted molar refractivity (Wildman–Crippen MR) is 359 cm³/mol. The van der Waals surface area contributed by atoms with Gasteiger partial charge in [0.25, 0.3) is 0 Å². The van der Waals surface area contributed by atoms with Gasteiger partial charge in [-0.2, -0.15) is 0 Å². The Labute approximate surface area is 577 Å². The molecular weight excluding hydrogens is 1290 g/mol. The Bertz CT molecular complexity index is 3900. The van der Waals surface area contributed by atoms with Crippen LogP contribution in [0.5, 0.6) is 11.5 Å². The fraction of sp³-hybridized carbons (Fsp3) is 0.479. The number of carbonyl (C=O) groups excluding carboxylic acids is 11. The molecular formula is C71H89FN13O15+. The van der Waals surface area contributed by atoms with Crippen LogP contribution < -0.4 is 63.1 Å². The average Bonchev–Trinajstić information content (AvgIpc) is 1.59. The van der Waals surface area contributed by atoms with Crippen molar-refractivity contribution in [1.29, 1.82) is 0 Å². The van der Waals surface area contributed by atoms with Crippen molar-refractivity contribution in [2.75, 3.05) is 46.5 Å². The minimum Gasteiger partial charge on any atom is -0.497 e. The number of carbonyl (C=O) groups is 11. The van der Waals surface area contributed by atoms with Gasteiger partial charge in [0.15, 0.2) is 6.04 Å². The van der Waals surface area contributed by atoms with E-state index in [2.05, 4.69) is 53.6 Å². The van der Waals surface area contributed by atoms with Crippen molar-refractivity contribution in [3.63, 3.8) is 0 Å². The van der Waals surface area contributed by atoms with Crippen LogP contribution in [-0.4, -0.2) is 191 Å². The molecule has 0 radical (unpaired) electrons. The number of amides is 11. The van der Waals surface area contributed by atoms with Crippen molar-refractivity contribution in [3.8, 4) is 11.5 Å². The summed E-state index contributed by atoms with van der Waals surface area (Å²) in [6.45, 7) is 3.86. The quantitative estimate of drug-likeness (QED) is 0.104. The number of hydrogen-bond acceptors (Lipinski definition) is 15. The predicted octanol–water partition coefficient (Wildman–Crippen LogP) is -0.693. The second-order valence-corrected chi connectivity index (χ2v) is 26.4. The molecule has 11 amide bonds. The summed E-state index contributed by atoms with van der Waals surface area (Å²) in [5.74, 6) is -8.08. The summed E-state index contributed by atoms with van der Waals surface area (Å²) in [5, 5.41) is 36.8. The second kappa shape index (κ2) is 32.8. The second-order valence-electron chi connectivity index (χ2n) is 26.4. The van der Waals surface area contributed by atoms with Crippen LogP contribution in [0.25, 0.3) is 10.9 Å². The Morgan fingerprint density at radius 2 is 1.43 bits per heavy atom. The van der Waals surface area contributed by atoms with Crippen molar-refractivity contribution in [3.05, 3.63) is 130 Å². The van der Waals surface area contributed by atoms with E-state index in [0.29, 0.717) is 82.4 Å². The molecule has 29 heteroatoms. The number of halogens is 1. The van der Waals surface area contributed by atoms with Gasteiger partial charge in [0.2, 0.25) is 65.0 Å². The molecule has 10 atom stereocenters. The topological polar surface area (TPSA) is 383 Å². The fourth-order valence-electron chi connectivity index (χ4n) is 13.5. The number of benzene rings is 4. The molecule has 0 saturated carbocycles. The highest BCUT2D eigenvalue weighted by atomic mass is 19.1. The minimum atomic E-state index is -1.84. The number of nitrogens with one attached hydrogen (secondary N) is 9. The number of aliphatic hydroxyl groups is 1. The maximum absolute atomic E-state index is 16.0. The lowest BCUT2D eigenvalue weighted by Crippen LogP contribution is -2.67. The number of aryl methyl sites for hydroxylation is 1. The molecule has 6 heterocycles. The number of methoxy groups -OCH3 is 1. The van der Waals surface area contributed by atoms with Crippen LogP contribution in [0, 0.1) is 5.82 Å². The van der Waals surface area contributed by atoms with E-state index in [0.717, 1.165) is 10.5 Å². The molecule has 4 aromatic carbocycles. The van der Waals surface area contributed by atoms with Crippen LogP contribution in [0.4, 0.5) is 4.39 Å². The van der Waals surface area contributed by atoms with Crippen molar-refractivity contribution < 1.29 is 82.2 Å². The van der Waals surface area contributed by atoms with E-state index in [1.807, 2.05) is 10.6 Å². The van der Waals surface area contributed by atoms with Gasteiger partial charge in [0.1, 0.15) is 72.3 Å². The summed E-state index contributed by atoms with van der Waals surface area (Å²) in [6, 6.07) is 12.3. The van der Waals surface area contributed by atoms with Crippen LogP contribution >= 0.6 is 0 Å². The van der Waals surface area contributed by atoms with Gasteiger partial charge in [-0.05, 0) is 124 Å². The van der Waals surface area contributed by atoms with Gasteiger partial charge >= 0.3 is 0 Å². The van der Waals surface area contributed by atoms with Crippen LogP contribution in [0.3, 0.4) is 0 Å². The van der Waals surface area contributed by atoms with E-state index in [1.54, 1.807) is 79.9 Å². The monoisotopic (exact) mass is 1380 g/mol. The van der Waals surface area contributed by atoms with Crippen LogP contribution in [0.2, 0.25) is 0 Å². The van der Waals surface area contributed by atoms with E-state index in [-0.39, 0.29) is 90.8 Å². The summed E-state index contributed by atoms with van der Waals surface area (Å²) in [5.41, 5.74) is 6.36. The maximum atomic E-state index is 16.0. The first kappa shape index (κ1) is 72.7. The molecule has 5 aliphatic rings. The first-order valence-electron chi connectivity index (χ1n) is 34.1. The Kier molecular flexibility index (Phi) is 23.8. The van der Waals surface area contributed by atoms with Crippen LogP contribution in [0.15, 0.2) is 91.1 Å². The van der Waals surface area contributed by atoms with Gasteiger partial charge < -0.3 is 87.3 Å². The van der Waals surface area contributed by atoms with E-state index >= 15 is 28.4 Å². The zero-order valence-electron chi connectivity index (χ0n) is 56.6. The average molecular weight is 1380 g/mol. The van der Waals surface area contributed by atoms with E-state index < -0.39 is 137 Å². The largest absolute Gasteiger partial charge is 0.497 e. The molecule has 11 bridgehead atoms. The Hall–Kier alpha value is -10.00. The molecule has 28 nitrogen and oxygen atoms in total. The number of aromatic nitrogens is 1. The molecule has 0 unspecified atom stereocenters. The van der Waals surface area contributed by atoms with Gasteiger partial charge in [-0.1, -0.05) is 48.5 Å². The molecule has 5 aliphatic heterocycles. The van der Waals surface area contributed by atoms with Crippen LogP contribution in [0.1, 0.15) is 99.1 Å². The molecule has 5 aromatic rings. The molecule has 10 rings (SSSR count). The van der Waals surface area contributed by atoms with E-state index in [4.69, 9.17) is 14.2 Å². The fourth-order valence-corrected chi connectivity index (χ4v) is 13.5. The number of ether oxygens (including phenoxy) is 3. The molecule has 0 spiro atoms. The van der Waals surface area contributed by atoms with Gasteiger partial charge in [-0.25, -0.2) is 4.39 Å². The number of quaternary nitrogens is 1. The maximum Gasteiger partial charge on any atom is 0.249 e. The number of fused-ring (bicyclic) bond motifs is 11. The zero-order valence-corrected chi connectivity index (χ0v) is 56.6. The zero-order chi connectivity index (χ0) is 71.4. The standard InChI is InChI=1S/C71H88FN13O15/c1-40-63(90)81-54(35-73)65(92)78-51-31-44-9-7-10-45(29-44)36-75-60(89)39-100-56-22-27-84-62(56)67(94)82-61(41(2)86)66(93)80-52(30-42-12-16-49(98-4)17-13-42)69(96)85-26-8-23-71(85,3)70(97)74-24-21-43-11-14-46(37-76-58(87)19-20-59(88)77-40)57(32-43)99-28-6-5-25-83-38-47(33-53(68(84)95)79-64(51)91)50-34-48(72)15-18-55(50)83/h7,9-18,29,32,34,38,40-41,51-54,56,61-62,86H,5-6,8,19-28,30-31,33,35-37,39,73H2,1-4H3,(H,74,97)(H,75,89)(H,76,87)(H,77,88)(H,78,92)(H,79,91)(H,80,93)(H,81,90)(H,82,94)/p+1/t40-,41+,51-,52-,53-,54+,56-,61-,62-,71-/m0/s1. The molecule has 100 heavy (non-hydrogen) atoms. The summed E-state index contributed by atoms with van der Waals surface area (Å²) in [7, 11) is 1.49. The SMILES string of the molecule is COc1ccc(C[C@@H]2NC(=O)[C@H]([C@@H](C)O)NC(=O)[C@@H]3[C@@H]4CCN3C(=O)[C@@H]3Cc5cn(c6ccc(F)cc56)CCCCOc5cc(ccc5CNC(=O)CCC(=O)N[C@@H](C)C(=O)N[C@H](C[NH3+])C(=O)N[C@@H](Cc5cccc(c5)CNC(=O)CO4)C(=O)N3)CCNC(=O)[C@]3(C)CCCN3C2=O)cc1.